The molecule has 1 fully saturated rings. The molecule has 38 heavy (non-hydrogen) atoms. The van der Waals surface area contributed by atoms with Gasteiger partial charge in [-0.25, -0.2) is 4.79 Å². The molecule has 0 aliphatic heterocycles. The molecule has 0 unspecified atom stereocenters. The van der Waals surface area contributed by atoms with E-state index in [4.69, 9.17) is 14.2 Å². The van der Waals surface area contributed by atoms with Gasteiger partial charge in [-0.15, -0.1) is 0 Å². The average Bonchev–Trinajstić information content (AvgIpc) is 2.95. The van der Waals surface area contributed by atoms with Gasteiger partial charge in [0.15, 0.2) is 0 Å². The van der Waals surface area contributed by atoms with Crippen LogP contribution >= 0.6 is 0 Å². The number of ether oxygens (including phenoxy) is 3. The summed E-state index contributed by atoms with van der Waals surface area (Å²) in [4.78, 5) is 12.5. The van der Waals surface area contributed by atoms with E-state index in [0.717, 1.165) is 49.2 Å². The van der Waals surface area contributed by atoms with Crippen LogP contribution in [0, 0.1) is 11.8 Å². The molecule has 1 aliphatic rings. The Labute approximate surface area is 231 Å². The number of rotatable bonds is 18. The highest BCUT2D eigenvalue weighted by Gasteiger charge is 2.20. The number of hydrogen-bond acceptors (Lipinski definition) is 4. The molecule has 0 bridgehead atoms. The third-order valence-electron chi connectivity index (χ3n) is 7.85. The van der Waals surface area contributed by atoms with Crippen LogP contribution in [0.5, 0.6) is 17.2 Å². The van der Waals surface area contributed by atoms with E-state index in [9.17, 15) is 4.79 Å². The summed E-state index contributed by atoms with van der Waals surface area (Å²) in [5, 5.41) is 0. The minimum atomic E-state index is -0.373. The van der Waals surface area contributed by atoms with Gasteiger partial charge in [0.25, 0.3) is 0 Å². The second kappa shape index (κ2) is 17.9. The fourth-order valence-electron chi connectivity index (χ4n) is 5.41. The van der Waals surface area contributed by atoms with Crippen molar-refractivity contribution in [3.63, 3.8) is 0 Å². The van der Waals surface area contributed by atoms with Gasteiger partial charge >= 0.3 is 5.97 Å². The van der Waals surface area contributed by atoms with Gasteiger partial charge in [-0.1, -0.05) is 90.9 Å². The van der Waals surface area contributed by atoms with Gasteiger partial charge in [0.05, 0.1) is 18.8 Å². The van der Waals surface area contributed by atoms with Crippen molar-refractivity contribution in [3.05, 3.63) is 54.1 Å². The molecular weight excluding hydrogens is 472 g/mol. The maximum Gasteiger partial charge on any atom is 0.343 e. The average molecular weight is 523 g/mol. The normalized spacial score (nSPS) is 17.2. The third-order valence-corrected chi connectivity index (χ3v) is 7.85. The number of benzene rings is 2. The van der Waals surface area contributed by atoms with E-state index in [1.165, 1.54) is 77.0 Å². The number of carbonyl (C=O) groups excluding carboxylic acids is 1. The summed E-state index contributed by atoms with van der Waals surface area (Å²) in [5.41, 5.74) is 0.507. The molecule has 4 nitrogen and oxygen atoms in total. The summed E-state index contributed by atoms with van der Waals surface area (Å²) in [6.45, 7) is 5.90. The zero-order valence-corrected chi connectivity index (χ0v) is 23.9. The Morgan fingerprint density at radius 2 is 1.08 bits per heavy atom. The smallest absolute Gasteiger partial charge is 0.343 e. The molecule has 0 spiro atoms. The summed E-state index contributed by atoms with van der Waals surface area (Å²) in [7, 11) is 0. The standard InChI is InChI=1S/C34H50O4/c1-3-5-7-8-9-12-28-14-16-29(17-15-28)13-11-27-37-32-22-24-33(25-23-32)38-34(35)30-18-20-31(21-19-30)36-26-10-6-4-2/h18-25,28-29H,3-17,26-27H2,1-2H3. The van der Waals surface area contributed by atoms with Crippen LogP contribution in [0.15, 0.2) is 48.5 Å². The fourth-order valence-corrected chi connectivity index (χ4v) is 5.41. The predicted octanol–water partition coefficient (Wildman–Crippen LogP) is 9.80. The molecular formula is C34H50O4. The minimum absolute atomic E-state index is 0.373. The van der Waals surface area contributed by atoms with E-state index in [0.29, 0.717) is 17.9 Å². The molecule has 0 aromatic heterocycles. The topological polar surface area (TPSA) is 44.8 Å². The van der Waals surface area contributed by atoms with Gasteiger partial charge in [-0.05, 0) is 79.6 Å². The monoisotopic (exact) mass is 522 g/mol. The summed E-state index contributed by atoms with van der Waals surface area (Å²) < 4.78 is 17.2. The Hall–Kier alpha value is -2.49. The van der Waals surface area contributed by atoms with Crippen LogP contribution in [0.3, 0.4) is 0 Å². The summed E-state index contributed by atoms with van der Waals surface area (Å²) in [6, 6.07) is 14.5. The Morgan fingerprint density at radius 1 is 0.605 bits per heavy atom. The molecule has 2 aromatic rings. The molecule has 3 rings (SSSR count). The molecule has 1 aliphatic carbocycles. The van der Waals surface area contributed by atoms with Crippen LogP contribution in [0.2, 0.25) is 0 Å². The lowest BCUT2D eigenvalue weighted by Gasteiger charge is -2.28. The zero-order chi connectivity index (χ0) is 26.8. The molecule has 0 amide bonds. The molecule has 0 N–H and O–H groups in total. The Balaban J connectivity index is 1.27. The lowest BCUT2D eigenvalue weighted by Crippen LogP contribution is -2.15. The fraction of sp³-hybridized carbons (Fsp3) is 0.618. The van der Waals surface area contributed by atoms with Crippen molar-refractivity contribution in [2.45, 2.75) is 110 Å². The number of hydrogen-bond donors (Lipinski definition) is 0. The van der Waals surface area contributed by atoms with Crippen LogP contribution in [0.1, 0.15) is 121 Å². The molecule has 0 saturated heterocycles. The van der Waals surface area contributed by atoms with Gasteiger partial charge in [0.2, 0.25) is 0 Å². The van der Waals surface area contributed by atoms with E-state index >= 15 is 0 Å². The van der Waals surface area contributed by atoms with Gasteiger partial charge in [-0.2, -0.15) is 0 Å². The van der Waals surface area contributed by atoms with E-state index < -0.39 is 0 Å². The van der Waals surface area contributed by atoms with Crippen molar-refractivity contribution >= 4 is 5.97 Å². The van der Waals surface area contributed by atoms with E-state index in [1.54, 1.807) is 24.3 Å². The molecule has 0 atom stereocenters. The first-order valence-electron chi connectivity index (χ1n) is 15.4. The summed E-state index contributed by atoms with van der Waals surface area (Å²) in [5.74, 6) is 3.59. The maximum absolute atomic E-state index is 12.5. The van der Waals surface area contributed by atoms with Crippen molar-refractivity contribution in [1.82, 2.24) is 0 Å². The largest absolute Gasteiger partial charge is 0.494 e. The van der Waals surface area contributed by atoms with Crippen molar-refractivity contribution in [3.8, 4) is 17.2 Å². The third kappa shape index (κ3) is 11.5. The zero-order valence-electron chi connectivity index (χ0n) is 23.9. The summed E-state index contributed by atoms with van der Waals surface area (Å²) in [6.07, 6.45) is 19.8. The molecule has 1 saturated carbocycles. The van der Waals surface area contributed by atoms with Gasteiger partial charge in [-0.3, -0.25) is 0 Å². The predicted molar refractivity (Wildman–Crippen MR) is 156 cm³/mol. The Bertz CT molecular complexity index is 882. The molecule has 4 heteroatoms. The first-order chi connectivity index (χ1) is 18.7. The van der Waals surface area contributed by atoms with E-state index in [2.05, 4.69) is 13.8 Å². The van der Waals surface area contributed by atoms with E-state index in [-0.39, 0.29) is 5.97 Å². The second-order valence-electron chi connectivity index (χ2n) is 11.0. The summed E-state index contributed by atoms with van der Waals surface area (Å²) >= 11 is 0. The van der Waals surface area contributed by atoms with E-state index in [1.807, 2.05) is 24.3 Å². The van der Waals surface area contributed by atoms with Crippen LogP contribution < -0.4 is 14.2 Å². The van der Waals surface area contributed by atoms with Crippen molar-refractivity contribution in [2.75, 3.05) is 13.2 Å². The van der Waals surface area contributed by atoms with Crippen molar-refractivity contribution in [1.29, 1.82) is 0 Å². The first-order valence-corrected chi connectivity index (χ1v) is 15.4. The van der Waals surface area contributed by atoms with Crippen LogP contribution in [-0.4, -0.2) is 19.2 Å². The van der Waals surface area contributed by atoms with Crippen molar-refractivity contribution in [2.24, 2.45) is 11.8 Å². The molecule has 210 valence electrons. The number of esters is 1. The molecule has 2 aromatic carbocycles. The first kappa shape index (κ1) is 30.1. The minimum Gasteiger partial charge on any atom is -0.494 e. The lowest BCUT2D eigenvalue weighted by atomic mass is 9.78. The Morgan fingerprint density at radius 3 is 1.68 bits per heavy atom. The van der Waals surface area contributed by atoms with Gasteiger partial charge in [0, 0.05) is 0 Å². The quantitative estimate of drug-likeness (QED) is 0.111. The molecule has 0 heterocycles. The second-order valence-corrected chi connectivity index (χ2v) is 11.0. The Kier molecular flexibility index (Phi) is 14.2. The SMILES string of the molecule is CCCCCCCC1CCC(CCCOc2ccc(OC(=O)c3ccc(OCCCCC)cc3)cc2)CC1. The van der Waals surface area contributed by atoms with Gasteiger partial charge in [0.1, 0.15) is 17.2 Å². The lowest BCUT2D eigenvalue weighted by molar-refractivity contribution is 0.0734. The number of unbranched alkanes of at least 4 members (excludes halogenated alkanes) is 6. The number of carbonyl (C=O) groups is 1. The van der Waals surface area contributed by atoms with Crippen LogP contribution in [0.4, 0.5) is 0 Å². The molecule has 0 radical (unpaired) electrons. The maximum atomic E-state index is 12.5. The highest BCUT2D eigenvalue weighted by Crippen LogP contribution is 2.34. The van der Waals surface area contributed by atoms with Crippen molar-refractivity contribution < 1.29 is 19.0 Å². The van der Waals surface area contributed by atoms with Crippen LogP contribution in [-0.2, 0) is 0 Å². The highest BCUT2D eigenvalue weighted by atomic mass is 16.5. The highest BCUT2D eigenvalue weighted by molar-refractivity contribution is 5.91. The van der Waals surface area contributed by atoms with Crippen LogP contribution in [0.25, 0.3) is 0 Å². The van der Waals surface area contributed by atoms with Gasteiger partial charge < -0.3 is 14.2 Å².